The molecule has 0 unspecified atom stereocenters. The van der Waals surface area contributed by atoms with E-state index in [1.807, 2.05) is 4.90 Å². The SMILES string of the molecule is CC(=O)N1CCC[C@H](CNC(C)(C)C)C1. The highest BCUT2D eigenvalue weighted by atomic mass is 16.2. The highest BCUT2D eigenvalue weighted by Gasteiger charge is 2.22. The van der Waals surface area contributed by atoms with Gasteiger partial charge in [-0.05, 0) is 39.5 Å². The summed E-state index contributed by atoms with van der Waals surface area (Å²) in [5.74, 6) is 0.845. The minimum atomic E-state index is 0.179. The van der Waals surface area contributed by atoms with Crippen LogP contribution in [0.2, 0.25) is 0 Å². The predicted octanol–water partition coefficient (Wildman–Crippen LogP) is 1.63. The van der Waals surface area contributed by atoms with E-state index in [2.05, 4.69) is 26.1 Å². The minimum absolute atomic E-state index is 0.179. The molecule has 1 saturated heterocycles. The molecule has 0 saturated carbocycles. The Kier molecular flexibility index (Phi) is 4.14. The van der Waals surface area contributed by atoms with Crippen LogP contribution in [0.1, 0.15) is 40.5 Å². The molecule has 1 fully saturated rings. The summed E-state index contributed by atoms with van der Waals surface area (Å²) < 4.78 is 0. The van der Waals surface area contributed by atoms with Crippen LogP contribution in [0.25, 0.3) is 0 Å². The molecule has 1 heterocycles. The van der Waals surface area contributed by atoms with Gasteiger partial charge >= 0.3 is 0 Å². The Balaban J connectivity index is 2.34. The molecule has 0 bridgehead atoms. The lowest BCUT2D eigenvalue weighted by molar-refractivity contribution is -0.130. The molecule has 0 spiro atoms. The van der Waals surface area contributed by atoms with E-state index >= 15 is 0 Å². The van der Waals surface area contributed by atoms with Gasteiger partial charge in [0.15, 0.2) is 0 Å². The van der Waals surface area contributed by atoms with Crippen LogP contribution < -0.4 is 5.32 Å². The fourth-order valence-corrected chi connectivity index (χ4v) is 1.97. The van der Waals surface area contributed by atoms with Gasteiger partial charge in [-0.25, -0.2) is 0 Å². The zero-order valence-corrected chi connectivity index (χ0v) is 10.5. The molecule has 0 aromatic carbocycles. The summed E-state index contributed by atoms with van der Waals surface area (Å²) in [7, 11) is 0. The number of carbonyl (C=O) groups excluding carboxylic acids is 1. The summed E-state index contributed by atoms with van der Waals surface area (Å²) in [5, 5.41) is 3.51. The third kappa shape index (κ3) is 4.65. The number of hydrogen-bond donors (Lipinski definition) is 1. The van der Waals surface area contributed by atoms with Crippen LogP contribution in [0, 0.1) is 5.92 Å². The van der Waals surface area contributed by atoms with Crippen molar-refractivity contribution in [3.8, 4) is 0 Å². The van der Waals surface area contributed by atoms with Gasteiger partial charge in [0.1, 0.15) is 0 Å². The zero-order valence-electron chi connectivity index (χ0n) is 10.5. The minimum Gasteiger partial charge on any atom is -0.343 e. The fourth-order valence-electron chi connectivity index (χ4n) is 1.97. The highest BCUT2D eigenvalue weighted by Crippen LogP contribution is 2.16. The van der Waals surface area contributed by atoms with Gasteiger partial charge in [0.2, 0.25) is 5.91 Å². The van der Waals surface area contributed by atoms with Gasteiger partial charge in [0.25, 0.3) is 0 Å². The Morgan fingerprint density at radius 2 is 2.13 bits per heavy atom. The van der Waals surface area contributed by atoms with E-state index in [0.717, 1.165) is 26.1 Å². The van der Waals surface area contributed by atoms with Crippen molar-refractivity contribution in [2.24, 2.45) is 5.92 Å². The average molecular weight is 212 g/mol. The van der Waals surface area contributed by atoms with E-state index in [4.69, 9.17) is 0 Å². The molecule has 0 aliphatic carbocycles. The number of likely N-dealkylation sites (tertiary alicyclic amines) is 1. The second-order valence-electron chi connectivity index (χ2n) is 5.60. The van der Waals surface area contributed by atoms with Crippen LogP contribution in [0.3, 0.4) is 0 Å². The molecule has 15 heavy (non-hydrogen) atoms. The van der Waals surface area contributed by atoms with Crippen molar-refractivity contribution in [2.75, 3.05) is 19.6 Å². The number of nitrogens with zero attached hydrogens (tertiary/aromatic N) is 1. The second-order valence-corrected chi connectivity index (χ2v) is 5.60. The number of hydrogen-bond acceptors (Lipinski definition) is 2. The molecule has 1 amide bonds. The van der Waals surface area contributed by atoms with Crippen LogP contribution >= 0.6 is 0 Å². The maximum Gasteiger partial charge on any atom is 0.219 e. The zero-order chi connectivity index (χ0) is 11.5. The number of nitrogens with one attached hydrogen (secondary N) is 1. The number of amides is 1. The molecule has 1 aliphatic heterocycles. The first kappa shape index (κ1) is 12.5. The monoisotopic (exact) mass is 212 g/mol. The Labute approximate surface area is 93.2 Å². The van der Waals surface area contributed by atoms with E-state index < -0.39 is 0 Å². The van der Waals surface area contributed by atoms with E-state index in [9.17, 15) is 4.79 Å². The molecule has 0 aromatic heterocycles. The van der Waals surface area contributed by atoms with E-state index in [-0.39, 0.29) is 11.4 Å². The summed E-state index contributed by atoms with van der Waals surface area (Å²) in [6, 6.07) is 0. The standard InChI is InChI=1S/C12H24N2O/c1-10(15)14-7-5-6-11(9-14)8-13-12(2,3)4/h11,13H,5-9H2,1-4H3/t11-/m1/s1. The van der Waals surface area contributed by atoms with Crippen molar-refractivity contribution >= 4 is 5.91 Å². The number of piperidine rings is 1. The van der Waals surface area contributed by atoms with Crippen molar-refractivity contribution in [2.45, 2.75) is 46.1 Å². The molecule has 3 heteroatoms. The Morgan fingerprint density at radius 1 is 1.47 bits per heavy atom. The Morgan fingerprint density at radius 3 is 2.67 bits per heavy atom. The molecule has 1 atom stereocenters. The van der Waals surface area contributed by atoms with Crippen LogP contribution in [-0.4, -0.2) is 36.0 Å². The smallest absolute Gasteiger partial charge is 0.219 e. The van der Waals surface area contributed by atoms with Gasteiger partial charge in [-0.2, -0.15) is 0 Å². The molecule has 88 valence electrons. The fraction of sp³-hybridized carbons (Fsp3) is 0.917. The van der Waals surface area contributed by atoms with Crippen LogP contribution in [0.15, 0.2) is 0 Å². The summed E-state index contributed by atoms with van der Waals surface area (Å²) in [5.41, 5.74) is 0.179. The third-order valence-electron chi connectivity index (χ3n) is 2.89. The molecular formula is C12H24N2O. The van der Waals surface area contributed by atoms with Gasteiger partial charge in [-0.15, -0.1) is 0 Å². The Bertz CT molecular complexity index is 220. The van der Waals surface area contributed by atoms with Crippen molar-refractivity contribution in [1.29, 1.82) is 0 Å². The molecule has 1 rings (SSSR count). The normalized spacial score (nSPS) is 22.9. The first-order valence-electron chi connectivity index (χ1n) is 5.89. The van der Waals surface area contributed by atoms with Crippen molar-refractivity contribution in [3.05, 3.63) is 0 Å². The summed E-state index contributed by atoms with van der Waals surface area (Å²) in [6.45, 7) is 11.1. The van der Waals surface area contributed by atoms with Crippen molar-refractivity contribution < 1.29 is 4.79 Å². The lowest BCUT2D eigenvalue weighted by Crippen LogP contribution is -2.45. The largest absolute Gasteiger partial charge is 0.343 e. The van der Waals surface area contributed by atoms with Gasteiger partial charge < -0.3 is 10.2 Å². The first-order chi connectivity index (χ1) is 6.88. The average Bonchev–Trinajstić information content (AvgIpc) is 2.14. The van der Waals surface area contributed by atoms with Gasteiger partial charge in [0.05, 0.1) is 0 Å². The molecule has 0 aromatic rings. The summed E-state index contributed by atoms with van der Waals surface area (Å²) >= 11 is 0. The van der Waals surface area contributed by atoms with E-state index in [0.29, 0.717) is 5.92 Å². The quantitative estimate of drug-likeness (QED) is 0.754. The van der Waals surface area contributed by atoms with E-state index in [1.165, 1.54) is 6.42 Å². The van der Waals surface area contributed by atoms with Crippen LogP contribution in [0.4, 0.5) is 0 Å². The highest BCUT2D eigenvalue weighted by molar-refractivity contribution is 5.73. The van der Waals surface area contributed by atoms with Gasteiger partial charge in [-0.3, -0.25) is 4.79 Å². The van der Waals surface area contributed by atoms with Crippen molar-refractivity contribution in [3.63, 3.8) is 0 Å². The third-order valence-corrected chi connectivity index (χ3v) is 2.89. The maximum atomic E-state index is 11.3. The molecule has 3 nitrogen and oxygen atoms in total. The molecular weight excluding hydrogens is 188 g/mol. The first-order valence-corrected chi connectivity index (χ1v) is 5.89. The number of carbonyl (C=O) groups is 1. The predicted molar refractivity (Wildman–Crippen MR) is 62.7 cm³/mol. The van der Waals surface area contributed by atoms with Crippen molar-refractivity contribution in [1.82, 2.24) is 10.2 Å². The summed E-state index contributed by atoms with van der Waals surface area (Å²) in [4.78, 5) is 13.2. The second kappa shape index (κ2) is 4.97. The Hall–Kier alpha value is -0.570. The lowest BCUT2D eigenvalue weighted by Gasteiger charge is -2.34. The maximum absolute atomic E-state index is 11.3. The molecule has 0 radical (unpaired) electrons. The molecule has 1 aliphatic rings. The number of rotatable bonds is 2. The summed E-state index contributed by atoms with van der Waals surface area (Å²) in [6.07, 6.45) is 2.39. The molecule has 1 N–H and O–H groups in total. The van der Waals surface area contributed by atoms with E-state index in [1.54, 1.807) is 6.92 Å². The van der Waals surface area contributed by atoms with Crippen LogP contribution in [-0.2, 0) is 4.79 Å². The van der Waals surface area contributed by atoms with Gasteiger partial charge in [-0.1, -0.05) is 0 Å². The van der Waals surface area contributed by atoms with Crippen LogP contribution in [0.5, 0.6) is 0 Å². The lowest BCUT2D eigenvalue weighted by atomic mass is 9.96. The topological polar surface area (TPSA) is 32.3 Å². The van der Waals surface area contributed by atoms with Gasteiger partial charge in [0, 0.05) is 32.1 Å².